The molecule has 0 bridgehead atoms. The van der Waals surface area contributed by atoms with Gasteiger partial charge in [0.15, 0.2) is 0 Å². The van der Waals surface area contributed by atoms with Crippen molar-refractivity contribution in [1.82, 2.24) is 4.90 Å². The van der Waals surface area contributed by atoms with Gasteiger partial charge in [-0.05, 0) is 36.2 Å². The lowest BCUT2D eigenvalue weighted by Crippen LogP contribution is -2.51. The fourth-order valence-corrected chi connectivity index (χ4v) is 3.76. The van der Waals surface area contributed by atoms with Crippen molar-refractivity contribution in [3.05, 3.63) is 59.7 Å². The Bertz CT molecular complexity index is 841. The van der Waals surface area contributed by atoms with Crippen LogP contribution in [0.4, 0.5) is 11.4 Å². The number of fused-ring (bicyclic) bond motifs is 1. The molecule has 5 nitrogen and oxygen atoms in total. The van der Waals surface area contributed by atoms with E-state index in [1.54, 1.807) is 4.90 Å². The molecule has 2 aromatic carbocycles. The summed E-state index contributed by atoms with van der Waals surface area (Å²) in [6.45, 7) is 5.25. The second-order valence-electron chi connectivity index (χ2n) is 6.99. The first-order valence-corrected chi connectivity index (χ1v) is 9.09. The molecule has 2 heterocycles. The summed E-state index contributed by atoms with van der Waals surface area (Å²) >= 11 is 0. The zero-order valence-electron chi connectivity index (χ0n) is 15.0. The molecule has 2 aliphatic rings. The van der Waals surface area contributed by atoms with Gasteiger partial charge in [-0.3, -0.25) is 9.59 Å². The topological polar surface area (TPSA) is 43.9 Å². The summed E-state index contributed by atoms with van der Waals surface area (Å²) in [7, 11) is 0. The van der Waals surface area contributed by atoms with E-state index in [0.717, 1.165) is 24.3 Å². The highest BCUT2D eigenvalue weighted by molar-refractivity contribution is 6.05. The number of carbonyl (C=O) groups is 2. The Balaban J connectivity index is 1.38. The van der Waals surface area contributed by atoms with Crippen molar-refractivity contribution in [1.29, 1.82) is 0 Å². The van der Waals surface area contributed by atoms with Gasteiger partial charge in [-0.15, -0.1) is 0 Å². The molecule has 0 atom stereocenters. The van der Waals surface area contributed by atoms with Gasteiger partial charge in [-0.25, -0.2) is 0 Å². The van der Waals surface area contributed by atoms with Crippen molar-refractivity contribution in [2.24, 2.45) is 0 Å². The Morgan fingerprint density at radius 2 is 1.77 bits per heavy atom. The second-order valence-corrected chi connectivity index (χ2v) is 6.99. The molecule has 1 fully saturated rings. The highest BCUT2D eigenvalue weighted by atomic mass is 16.2. The van der Waals surface area contributed by atoms with Gasteiger partial charge >= 0.3 is 0 Å². The molecular formula is C21H23N3O2. The van der Waals surface area contributed by atoms with Crippen molar-refractivity contribution < 1.29 is 9.59 Å². The minimum Gasteiger partial charge on any atom is -0.368 e. The van der Waals surface area contributed by atoms with Crippen LogP contribution >= 0.6 is 0 Å². The van der Waals surface area contributed by atoms with Crippen LogP contribution in [0.15, 0.2) is 48.5 Å². The highest BCUT2D eigenvalue weighted by Gasteiger charge is 2.30. The van der Waals surface area contributed by atoms with Gasteiger partial charge in [-0.1, -0.05) is 30.3 Å². The van der Waals surface area contributed by atoms with E-state index in [4.69, 9.17) is 0 Å². The van der Waals surface area contributed by atoms with Crippen LogP contribution < -0.4 is 9.80 Å². The molecule has 0 spiro atoms. The molecule has 2 aromatic rings. The average molecular weight is 349 g/mol. The van der Waals surface area contributed by atoms with E-state index in [9.17, 15) is 9.59 Å². The minimum atomic E-state index is 0.0120. The Hall–Kier alpha value is -2.82. The molecule has 0 saturated carbocycles. The smallest absolute Gasteiger partial charge is 0.242 e. The molecule has 2 aliphatic heterocycles. The number of anilines is 2. The number of benzene rings is 2. The maximum Gasteiger partial charge on any atom is 0.242 e. The van der Waals surface area contributed by atoms with Crippen LogP contribution in [0.5, 0.6) is 0 Å². The van der Waals surface area contributed by atoms with E-state index in [2.05, 4.69) is 36.1 Å². The lowest BCUT2D eigenvalue weighted by Gasteiger charge is -2.37. The number of nitrogens with zero attached hydrogens (tertiary/aromatic N) is 3. The first-order chi connectivity index (χ1) is 12.6. The SMILES string of the molecule is Cc1cccc(N2CCN(C(=O)CN3C(=O)Cc4ccccc43)CC2)c1. The average Bonchev–Trinajstić information content (AvgIpc) is 2.97. The van der Waals surface area contributed by atoms with E-state index >= 15 is 0 Å². The van der Waals surface area contributed by atoms with Gasteiger partial charge in [0, 0.05) is 37.6 Å². The largest absolute Gasteiger partial charge is 0.368 e. The van der Waals surface area contributed by atoms with E-state index in [1.165, 1.54) is 11.3 Å². The molecule has 5 heteroatoms. The Morgan fingerprint density at radius 1 is 1.00 bits per heavy atom. The van der Waals surface area contributed by atoms with Crippen LogP contribution in [0.2, 0.25) is 0 Å². The first kappa shape index (κ1) is 16.6. The van der Waals surface area contributed by atoms with Gasteiger partial charge in [0.25, 0.3) is 0 Å². The number of para-hydroxylation sites is 1. The third-order valence-electron chi connectivity index (χ3n) is 5.22. The van der Waals surface area contributed by atoms with Crippen LogP contribution in [0.1, 0.15) is 11.1 Å². The van der Waals surface area contributed by atoms with Gasteiger partial charge in [0.1, 0.15) is 6.54 Å². The summed E-state index contributed by atoms with van der Waals surface area (Å²) in [5, 5.41) is 0. The number of hydrogen-bond acceptors (Lipinski definition) is 3. The summed E-state index contributed by atoms with van der Waals surface area (Å²) < 4.78 is 0. The minimum absolute atomic E-state index is 0.0120. The van der Waals surface area contributed by atoms with Gasteiger partial charge in [0.2, 0.25) is 11.8 Å². The maximum absolute atomic E-state index is 12.7. The molecule has 4 rings (SSSR count). The molecule has 0 aliphatic carbocycles. The van der Waals surface area contributed by atoms with Gasteiger partial charge < -0.3 is 14.7 Å². The quantitative estimate of drug-likeness (QED) is 0.854. The number of aryl methyl sites for hydroxylation is 1. The van der Waals surface area contributed by atoms with Gasteiger partial charge in [0.05, 0.1) is 6.42 Å². The van der Waals surface area contributed by atoms with Crippen molar-refractivity contribution in [3.8, 4) is 0 Å². The monoisotopic (exact) mass is 349 g/mol. The molecule has 0 N–H and O–H groups in total. The van der Waals surface area contributed by atoms with E-state index in [0.29, 0.717) is 19.5 Å². The number of rotatable bonds is 3. The van der Waals surface area contributed by atoms with Crippen LogP contribution in [0.3, 0.4) is 0 Å². The van der Waals surface area contributed by atoms with E-state index < -0.39 is 0 Å². The number of carbonyl (C=O) groups excluding carboxylic acids is 2. The summed E-state index contributed by atoms with van der Waals surface area (Å²) in [6.07, 6.45) is 0.393. The predicted molar refractivity (Wildman–Crippen MR) is 102 cm³/mol. The lowest BCUT2D eigenvalue weighted by molar-refractivity contribution is -0.131. The number of amides is 2. The molecule has 0 unspecified atom stereocenters. The molecule has 134 valence electrons. The zero-order chi connectivity index (χ0) is 18.1. The third-order valence-corrected chi connectivity index (χ3v) is 5.22. The third kappa shape index (κ3) is 3.17. The molecule has 26 heavy (non-hydrogen) atoms. The summed E-state index contributed by atoms with van der Waals surface area (Å²) in [4.78, 5) is 30.8. The molecule has 1 saturated heterocycles. The summed E-state index contributed by atoms with van der Waals surface area (Å²) in [5.74, 6) is 0.0388. The standard InChI is InChI=1S/C21H23N3O2/c1-16-5-4-7-18(13-16)22-9-11-23(12-10-22)21(26)15-24-19-8-3-2-6-17(19)14-20(24)25/h2-8,13H,9-12,14-15H2,1H3. The fraction of sp³-hybridized carbons (Fsp3) is 0.333. The summed E-state index contributed by atoms with van der Waals surface area (Å²) in [5.41, 5.74) is 4.34. The first-order valence-electron chi connectivity index (χ1n) is 9.09. The van der Waals surface area contributed by atoms with Crippen LogP contribution in [-0.2, 0) is 16.0 Å². The van der Waals surface area contributed by atoms with E-state index in [-0.39, 0.29) is 18.4 Å². The second kappa shape index (κ2) is 6.83. The molecule has 0 radical (unpaired) electrons. The fourth-order valence-electron chi connectivity index (χ4n) is 3.76. The van der Waals surface area contributed by atoms with E-state index in [1.807, 2.05) is 29.2 Å². The Kier molecular flexibility index (Phi) is 4.37. The normalized spacial score (nSPS) is 16.8. The number of hydrogen-bond donors (Lipinski definition) is 0. The maximum atomic E-state index is 12.7. The zero-order valence-corrected chi connectivity index (χ0v) is 15.0. The molecule has 2 amide bonds. The van der Waals surface area contributed by atoms with Crippen molar-refractivity contribution in [2.45, 2.75) is 13.3 Å². The van der Waals surface area contributed by atoms with Crippen molar-refractivity contribution in [2.75, 3.05) is 42.5 Å². The van der Waals surface area contributed by atoms with Crippen LogP contribution in [0.25, 0.3) is 0 Å². The summed E-state index contributed by atoms with van der Waals surface area (Å²) in [6, 6.07) is 16.2. The lowest BCUT2D eigenvalue weighted by atomic mass is 10.2. The highest BCUT2D eigenvalue weighted by Crippen LogP contribution is 2.28. The Morgan fingerprint density at radius 3 is 2.54 bits per heavy atom. The van der Waals surface area contributed by atoms with Crippen LogP contribution in [-0.4, -0.2) is 49.4 Å². The van der Waals surface area contributed by atoms with Crippen molar-refractivity contribution in [3.63, 3.8) is 0 Å². The van der Waals surface area contributed by atoms with Crippen LogP contribution in [0, 0.1) is 6.92 Å². The van der Waals surface area contributed by atoms with Crippen molar-refractivity contribution >= 4 is 23.2 Å². The Labute approximate surface area is 153 Å². The molecular weight excluding hydrogens is 326 g/mol. The predicted octanol–water partition coefficient (Wildman–Crippen LogP) is 2.23. The van der Waals surface area contributed by atoms with Gasteiger partial charge in [-0.2, -0.15) is 0 Å². The number of piperazine rings is 1. The molecule has 0 aromatic heterocycles.